The Morgan fingerprint density at radius 1 is 0.419 bits per heavy atom. The van der Waals surface area contributed by atoms with Gasteiger partial charge >= 0.3 is 0 Å². The quantitative estimate of drug-likeness (QED) is 0.161. The number of benzene rings is 8. The molecule has 292 valence electrons. The second kappa shape index (κ2) is 14.8. The lowest BCUT2D eigenvalue weighted by Crippen LogP contribution is -2.30. The molecule has 3 heterocycles. The second-order valence-electron chi connectivity index (χ2n) is 15.9. The molecule has 5 nitrogen and oxygen atoms in total. The van der Waals surface area contributed by atoms with Crippen LogP contribution < -0.4 is 4.90 Å². The molecule has 8 aromatic carbocycles. The highest BCUT2D eigenvalue weighted by Crippen LogP contribution is 2.54. The highest BCUT2D eigenvalue weighted by Gasteiger charge is 2.43. The normalized spacial score (nSPS) is 15.0. The van der Waals surface area contributed by atoms with E-state index in [1.54, 1.807) is 0 Å². The van der Waals surface area contributed by atoms with E-state index in [4.69, 9.17) is 19.4 Å². The minimum Gasteiger partial charge on any atom is -0.456 e. The van der Waals surface area contributed by atoms with Crippen LogP contribution >= 0.6 is 0 Å². The standard InChI is InChI=1S/C57H38N4O/c1-4-14-37(15-5-1)39-26-28-42(29-27-39)56-58-55(41-18-8-3-9-19-41)59-57(60-56)47-23-13-25-50-53(47)54-51(62-50)35-34-49-52(54)46-22-10-11-24-48(46)61(49)45-32-30-40(31-33-45)44-21-12-20-43(36-44)38-16-6-2-7-17-38/h1-36,49,52H. The molecule has 62 heavy (non-hydrogen) atoms. The monoisotopic (exact) mass is 794 g/mol. The molecule has 2 unspecified atom stereocenters. The van der Waals surface area contributed by atoms with Gasteiger partial charge in [0.15, 0.2) is 17.5 Å². The molecule has 0 radical (unpaired) electrons. The Morgan fingerprint density at radius 2 is 0.919 bits per heavy atom. The van der Waals surface area contributed by atoms with Gasteiger partial charge in [-0.3, -0.25) is 0 Å². The summed E-state index contributed by atoms with van der Waals surface area (Å²) in [4.78, 5) is 18.0. The third kappa shape index (κ3) is 6.13. The van der Waals surface area contributed by atoms with Crippen molar-refractivity contribution in [2.24, 2.45) is 0 Å². The molecule has 2 aliphatic rings. The summed E-state index contributed by atoms with van der Waals surface area (Å²) in [7, 11) is 0. The summed E-state index contributed by atoms with van der Waals surface area (Å²) in [5, 5.41) is 1.03. The van der Waals surface area contributed by atoms with Gasteiger partial charge in [0, 0.05) is 44.9 Å². The van der Waals surface area contributed by atoms with Crippen LogP contribution in [0.5, 0.6) is 0 Å². The van der Waals surface area contributed by atoms with Crippen molar-refractivity contribution in [3.05, 3.63) is 229 Å². The van der Waals surface area contributed by atoms with Gasteiger partial charge in [-0.2, -0.15) is 0 Å². The van der Waals surface area contributed by atoms with Crippen molar-refractivity contribution in [3.8, 4) is 67.5 Å². The van der Waals surface area contributed by atoms with E-state index in [1.165, 1.54) is 33.5 Å². The molecule has 0 amide bonds. The van der Waals surface area contributed by atoms with Gasteiger partial charge in [-0.15, -0.1) is 0 Å². The molecule has 0 bridgehead atoms. The lowest BCUT2D eigenvalue weighted by molar-refractivity contribution is 0.584. The SMILES string of the molecule is C1=CC2C(c3ccccc3N2c2ccc(-c3cccc(-c4ccccc4)c3)cc2)c2c1oc1cccc(-c3nc(-c4ccccc4)nc(-c4ccc(-c5ccccc5)cc4)n3)c21. The van der Waals surface area contributed by atoms with Gasteiger partial charge in [0.25, 0.3) is 0 Å². The largest absolute Gasteiger partial charge is 0.456 e. The first-order valence-corrected chi connectivity index (χ1v) is 21.1. The molecule has 2 aromatic heterocycles. The fourth-order valence-corrected chi connectivity index (χ4v) is 9.40. The molecule has 1 aliphatic carbocycles. The number of hydrogen-bond acceptors (Lipinski definition) is 5. The molecular weight excluding hydrogens is 757 g/mol. The van der Waals surface area contributed by atoms with Crippen molar-refractivity contribution < 1.29 is 4.42 Å². The number of fused-ring (bicyclic) bond motifs is 7. The van der Waals surface area contributed by atoms with E-state index < -0.39 is 0 Å². The molecule has 2 atom stereocenters. The van der Waals surface area contributed by atoms with Gasteiger partial charge in [0.1, 0.15) is 11.3 Å². The summed E-state index contributed by atoms with van der Waals surface area (Å²) in [6.07, 6.45) is 4.46. The summed E-state index contributed by atoms with van der Waals surface area (Å²) in [6.45, 7) is 0. The van der Waals surface area contributed by atoms with Crippen LogP contribution in [0.1, 0.15) is 22.8 Å². The Kier molecular flexibility index (Phi) is 8.56. The lowest BCUT2D eigenvalue weighted by atomic mass is 9.81. The van der Waals surface area contributed by atoms with Crippen LogP contribution in [0.3, 0.4) is 0 Å². The predicted molar refractivity (Wildman–Crippen MR) is 252 cm³/mol. The molecule has 1 aliphatic heterocycles. The molecule has 12 rings (SSSR count). The van der Waals surface area contributed by atoms with Crippen LogP contribution in [0.25, 0.3) is 84.6 Å². The van der Waals surface area contributed by atoms with Crippen molar-refractivity contribution >= 4 is 28.4 Å². The predicted octanol–water partition coefficient (Wildman–Crippen LogP) is 14.3. The van der Waals surface area contributed by atoms with Gasteiger partial charge in [0.2, 0.25) is 0 Å². The highest BCUT2D eigenvalue weighted by molar-refractivity contribution is 5.99. The van der Waals surface area contributed by atoms with Gasteiger partial charge in [-0.25, -0.2) is 15.0 Å². The van der Waals surface area contributed by atoms with Gasteiger partial charge in [-0.1, -0.05) is 182 Å². The van der Waals surface area contributed by atoms with E-state index in [0.29, 0.717) is 17.5 Å². The van der Waals surface area contributed by atoms with Crippen LogP contribution in [0.2, 0.25) is 0 Å². The Hall–Kier alpha value is -8.15. The molecule has 0 saturated carbocycles. The number of nitrogens with zero attached hydrogens (tertiary/aromatic N) is 4. The minimum atomic E-state index is 0.0104. The van der Waals surface area contributed by atoms with Crippen molar-refractivity contribution in [1.29, 1.82) is 0 Å². The number of anilines is 2. The summed E-state index contributed by atoms with van der Waals surface area (Å²) >= 11 is 0. The number of furan rings is 1. The zero-order chi connectivity index (χ0) is 41.0. The van der Waals surface area contributed by atoms with Crippen molar-refractivity contribution in [1.82, 2.24) is 15.0 Å². The Morgan fingerprint density at radius 3 is 1.61 bits per heavy atom. The van der Waals surface area contributed by atoms with E-state index in [9.17, 15) is 0 Å². The van der Waals surface area contributed by atoms with Crippen LogP contribution in [0.15, 0.2) is 217 Å². The topological polar surface area (TPSA) is 55.1 Å². The molecule has 0 N–H and O–H groups in total. The molecule has 5 heteroatoms. The first-order valence-electron chi connectivity index (χ1n) is 21.1. The fraction of sp³-hybridized carbons (Fsp3) is 0.0351. The minimum absolute atomic E-state index is 0.0104. The van der Waals surface area contributed by atoms with E-state index in [-0.39, 0.29) is 12.0 Å². The Bertz CT molecular complexity index is 3290. The third-order valence-corrected chi connectivity index (χ3v) is 12.3. The Labute approximate surface area is 360 Å². The summed E-state index contributed by atoms with van der Waals surface area (Å²) in [6, 6.07) is 72.5. The molecule has 0 fully saturated rings. The lowest BCUT2D eigenvalue weighted by Gasteiger charge is -2.30. The maximum absolute atomic E-state index is 6.73. The first kappa shape index (κ1) is 35.8. The van der Waals surface area contributed by atoms with E-state index in [2.05, 4.69) is 193 Å². The molecule has 0 saturated heterocycles. The maximum atomic E-state index is 6.73. The van der Waals surface area contributed by atoms with Crippen LogP contribution in [0, 0.1) is 0 Å². The van der Waals surface area contributed by atoms with Crippen molar-refractivity contribution in [3.63, 3.8) is 0 Å². The zero-order valence-electron chi connectivity index (χ0n) is 33.6. The number of hydrogen-bond donors (Lipinski definition) is 0. The summed E-state index contributed by atoms with van der Waals surface area (Å²) in [5.41, 5.74) is 15.4. The Balaban J connectivity index is 0.955. The van der Waals surface area contributed by atoms with E-state index in [0.717, 1.165) is 55.8 Å². The fourth-order valence-electron chi connectivity index (χ4n) is 9.40. The van der Waals surface area contributed by atoms with Gasteiger partial charge < -0.3 is 9.32 Å². The van der Waals surface area contributed by atoms with Crippen LogP contribution in [-0.4, -0.2) is 21.0 Å². The first-order chi connectivity index (χ1) is 30.7. The highest BCUT2D eigenvalue weighted by atomic mass is 16.3. The van der Waals surface area contributed by atoms with E-state index >= 15 is 0 Å². The summed E-state index contributed by atoms with van der Waals surface area (Å²) < 4.78 is 6.73. The smallest absolute Gasteiger partial charge is 0.164 e. The molecule has 0 spiro atoms. The average molecular weight is 795 g/mol. The van der Waals surface area contributed by atoms with Gasteiger partial charge in [-0.05, 0) is 75.4 Å². The van der Waals surface area contributed by atoms with Gasteiger partial charge in [0.05, 0.1) is 6.04 Å². The van der Waals surface area contributed by atoms with Crippen LogP contribution in [-0.2, 0) is 0 Å². The number of aromatic nitrogens is 3. The third-order valence-electron chi connectivity index (χ3n) is 12.3. The van der Waals surface area contributed by atoms with E-state index in [1.807, 2.05) is 30.3 Å². The number of para-hydroxylation sites is 1. The van der Waals surface area contributed by atoms with Crippen molar-refractivity contribution in [2.45, 2.75) is 12.0 Å². The second-order valence-corrected chi connectivity index (χ2v) is 15.9. The van der Waals surface area contributed by atoms with Crippen molar-refractivity contribution in [2.75, 3.05) is 4.90 Å². The average Bonchev–Trinajstić information content (AvgIpc) is 3.91. The maximum Gasteiger partial charge on any atom is 0.164 e. The summed E-state index contributed by atoms with van der Waals surface area (Å²) in [5.74, 6) is 2.73. The van der Waals surface area contributed by atoms with Crippen LogP contribution in [0.4, 0.5) is 11.4 Å². The molecule has 10 aromatic rings. The zero-order valence-corrected chi connectivity index (χ0v) is 33.6. The number of rotatable bonds is 7. The molecular formula is C57H38N4O.